The van der Waals surface area contributed by atoms with Crippen LogP contribution in [-0.4, -0.2) is 9.97 Å². The number of nitrogens with zero attached hydrogens (tertiary/aromatic N) is 1. The predicted octanol–water partition coefficient (Wildman–Crippen LogP) is 5.56. The first kappa shape index (κ1) is 14.6. The van der Waals surface area contributed by atoms with Crippen LogP contribution in [0, 0.1) is 5.92 Å². The number of imidazole rings is 1. The number of aromatic amines is 1. The van der Waals surface area contributed by atoms with Gasteiger partial charge in [0.15, 0.2) is 0 Å². The summed E-state index contributed by atoms with van der Waals surface area (Å²) in [6.45, 7) is 0. The molecule has 1 saturated carbocycles. The van der Waals surface area contributed by atoms with E-state index >= 15 is 0 Å². The minimum atomic E-state index is 0.247. The summed E-state index contributed by atoms with van der Waals surface area (Å²) < 4.78 is 0. The Balaban J connectivity index is 1.67. The van der Waals surface area contributed by atoms with Gasteiger partial charge < -0.3 is 10.3 Å². The van der Waals surface area contributed by atoms with Crippen LogP contribution in [0.2, 0.25) is 5.02 Å². The third-order valence-corrected chi connectivity index (χ3v) is 5.00. The molecule has 0 spiro atoms. The Morgan fingerprint density at radius 1 is 1.09 bits per heavy atom. The van der Waals surface area contributed by atoms with Gasteiger partial charge in [0, 0.05) is 5.02 Å². The molecule has 0 radical (unpaired) electrons. The number of rotatable bonds is 4. The van der Waals surface area contributed by atoms with Gasteiger partial charge in [-0.25, -0.2) is 4.98 Å². The molecule has 118 valence electrons. The lowest BCUT2D eigenvalue weighted by Crippen LogP contribution is -2.19. The number of H-pyrrole nitrogens is 1. The maximum absolute atomic E-state index is 6.21. The Kier molecular flexibility index (Phi) is 3.96. The smallest absolute Gasteiger partial charge is 0.201 e. The highest BCUT2D eigenvalue weighted by Crippen LogP contribution is 2.38. The number of para-hydroxylation sites is 2. The van der Waals surface area contributed by atoms with Gasteiger partial charge in [-0.2, -0.15) is 0 Å². The number of hydrogen-bond donors (Lipinski definition) is 2. The van der Waals surface area contributed by atoms with Crippen LogP contribution in [0.15, 0.2) is 48.5 Å². The molecule has 4 heteroatoms. The molecule has 0 unspecified atom stereocenters. The molecule has 23 heavy (non-hydrogen) atoms. The molecule has 4 rings (SSSR count). The van der Waals surface area contributed by atoms with E-state index in [4.69, 9.17) is 11.6 Å². The molecule has 1 heterocycles. The number of anilines is 1. The average molecular weight is 326 g/mol. The molecule has 1 aliphatic carbocycles. The molecule has 3 nitrogen and oxygen atoms in total. The second-order valence-electron chi connectivity index (χ2n) is 6.32. The molecule has 3 aromatic rings. The van der Waals surface area contributed by atoms with Gasteiger partial charge in [-0.3, -0.25) is 0 Å². The summed E-state index contributed by atoms with van der Waals surface area (Å²) in [5.41, 5.74) is 3.29. The third-order valence-electron chi connectivity index (χ3n) is 4.76. The first-order chi connectivity index (χ1) is 11.3. The maximum atomic E-state index is 6.21. The molecule has 0 bridgehead atoms. The second-order valence-corrected chi connectivity index (χ2v) is 6.76. The van der Waals surface area contributed by atoms with Gasteiger partial charge in [-0.1, -0.05) is 48.7 Å². The molecule has 2 aromatic carbocycles. The van der Waals surface area contributed by atoms with Gasteiger partial charge >= 0.3 is 0 Å². The van der Waals surface area contributed by atoms with Gasteiger partial charge in [0.1, 0.15) is 0 Å². The van der Waals surface area contributed by atoms with Crippen LogP contribution in [0.1, 0.15) is 37.3 Å². The molecule has 0 amide bonds. The van der Waals surface area contributed by atoms with Gasteiger partial charge in [0.2, 0.25) is 5.95 Å². The number of benzene rings is 2. The summed E-state index contributed by atoms with van der Waals surface area (Å²) in [5.74, 6) is 1.46. The lowest BCUT2D eigenvalue weighted by molar-refractivity contribution is 0.468. The molecule has 1 atom stereocenters. The van der Waals surface area contributed by atoms with Crippen LogP contribution in [-0.2, 0) is 0 Å². The van der Waals surface area contributed by atoms with Crippen LogP contribution in [0.4, 0.5) is 5.95 Å². The van der Waals surface area contributed by atoms with Crippen molar-refractivity contribution in [2.24, 2.45) is 5.92 Å². The van der Waals surface area contributed by atoms with Crippen LogP contribution in [0.3, 0.4) is 0 Å². The molecular weight excluding hydrogens is 306 g/mol. The summed E-state index contributed by atoms with van der Waals surface area (Å²) in [7, 11) is 0. The van der Waals surface area contributed by atoms with Crippen molar-refractivity contribution in [2.45, 2.75) is 31.7 Å². The van der Waals surface area contributed by atoms with Gasteiger partial charge in [0.25, 0.3) is 0 Å². The zero-order valence-corrected chi connectivity index (χ0v) is 13.7. The predicted molar refractivity (Wildman–Crippen MR) is 95.9 cm³/mol. The normalized spacial score (nSPS) is 16.7. The topological polar surface area (TPSA) is 40.7 Å². The SMILES string of the molecule is Clc1cccc([C@H](Nc2nc3ccccc3[nH]2)C2CCCC2)c1. The molecule has 2 N–H and O–H groups in total. The van der Waals surface area contributed by atoms with Crippen molar-refractivity contribution < 1.29 is 0 Å². The number of halogens is 1. The first-order valence-corrected chi connectivity index (χ1v) is 8.64. The fraction of sp³-hybridized carbons (Fsp3) is 0.316. The second kappa shape index (κ2) is 6.25. The van der Waals surface area contributed by atoms with Gasteiger partial charge in [0.05, 0.1) is 17.1 Å². The zero-order chi connectivity index (χ0) is 15.6. The fourth-order valence-electron chi connectivity index (χ4n) is 3.63. The lowest BCUT2D eigenvalue weighted by atomic mass is 9.92. The van der Waals surface area contributed by atoms with E-state index in [2.05, 4.69) is 33.5 Å². The summed E-state index contributed by atoms with van der Waals surface area (Å²) in [4.78, 5) is 8.05. The average Bonchev–Trinajstić information content (AvgIpc) is 3.21. The van der Waals surface area contributed by atoms with Crippen LogP contribution < -0.4 is 5.32 Å². The van der Waals surface area contributed by atoms with Crippen molar-refractivity contribution >= 4 is 28.6 Å². The highest BCUT2D eigenvalue weighted by Gasteiger charge is 2.27. The summed E-state index contributed by atoms with van der Waals surface area (Å²) >= 11 is 6.21. The highest BCUT2D eigenvalue weighted by atomic mass is 35.5. The Morgan fingerprint density at radius 3 is 2.70 bits per heavy atom. The number of aromatic nitrogens is 2. The van der Waals surface area contributed by atoms with Crippen molar-refractivity contribution in [1.82, 2.24) is 9.97 Å². The van der Waals surface area contributed by atoms with E-state index in [-0.39, 0.29) is 6.04 Å². The molecule has 1 aromatic heterocycles. The Morgan fingerprint density at radius 2 is 1.91 bits per heavy atom. The molecule has 0 aliphatic heterocycles. The lowest BCUT2D eigenvalue weighted by Gasteiger charge is -2.25. The van der Waals surface area contributed by atoms with E-state index in [1.54, 1.807) is 0 Å². The zero-order valence-electron chi connectivity index (χ0n) is 12.9. The molecule has 0 saturated heterocycles. The quantitative estimate of drug-likeness (QED) is 0.659. The Hall–Kier alpha value is -2.00. The standard InChI is InChI=1S/C19H20ClN3/c20-15-9-5-8-14(12-15)18(13-6-1-2-7-13)23-19-21-16-10-3-4-11-17(16)22-19/h3-5,8-13,18H,1-2,6-7H2,(H2,21,22,23)/t18-/m1/s1. The van der Waals surface area contributed by atoms with E-state index in [0.717, 1.165) is 22.0 Å². The van der Waals surface area contributed by atoms with Crippen molar-refractivity contribution in [1.29, 1.82) is 0 Å². The monoisotopic (exact) mass is 325 g/mol. The van der Waals surface area contributed by atoms with Crippen molar-refractivity contribution in [3.05, 3.63) is 59.1 Å². The van der Waals surface area contributed by atoms with E-state index in [1.165, 1.54) is 31.2 Å². The Bertz CT molecular complexity index is 772. The summed E-state index contributed by atoms with van der Waals surface area (Å²) in [5, 5.41) is 4.42. The van der Waals surface area contributed by atoms with Crippen molar-refractivity contribution in [3.63, 3.8) is 0 Å². The molecule has 1 fully saturated rings. The minimum Gasteiger partial charge on any atom is -0.349 e. The number of nitrogens with one attached hydrogen (secondary N) is 2. The number of hydrogen-bond acceptors (Lipinski definition) is 2. The van der Waals surface area contributed by atoms with Crippen LogP contribution >= 0.6 is 11.6 Å². The van der Waals surface area contributed by atoms with E-state index < -0.39 is 0 Å². The first-order valence-electron chi connectivity index (χ1n) is 8.26. The van der Waals surface area contributed by atoms with Gasteiger partial charge in [-0.15, -0.1) is 0 Å². The van der Waals surface area contributed by atoms with Crippen LogP contribution in [0.5, 0.6) is 0 Å². The maximum Gasteiger partial charge on any atom is 0.201 e. The van der Waals surface area contributed by atoms with Gasteiger partial charge in [-0.05, 0) is 48.6 Å². The molecular formula is C19H20ClN3. The summed E-state index contributed by atoms with van der Waals surface area (Å²) in [6.07, 6.45) is 5.13. The minimum absolute atomic E-state index is 0.247. The molecule has 1 aliphatic rings. The largest absolute Gasteiger partial charge is 0.349 e. The fourth-order valence-corrected chi connectivity index (χ4v) is 3.83. The van der Waals surface area contributed by atoms with Crippen molar-refractivity contribution in [2.75, 3.05) is 5.32 Å². The van der Waals surface area contributed by atoms with E-state index in [1.807, 2.05) is 30.3 Å². The van der Waals surface area contributed by atoms with E-state index in [0.29, 0.717) is 5.92 Å². The third kappa shape index (κ3) is 3.06. The number of fused-ring (bicyclic) bond motifs is 1. The van der Waals surface area contributed by atoms with E-state index in [9.17, 15) is 0 Å². The van der Waals surface area contributed by atoms with Crippen molar-refractivity contribution in [3.8, 4) is 0 Å². The summed E-state index contributed by atoms with van der Waals surface area (Å²) in [6, 6.07) is 16.5. The highest BCUT2D eigenvalue weighted by molar-refractivity contribution is 6.30. The Labute approximate surface area is 141 Å². The van der Waals surface area contributed by atoms with Crippen LogP contribution in [0.25, 0.3) is 11.0 Å².